The number of rotatable bonds is 0. The summed E-state index contributed by atoms with van der Waals surface area (Å²) in [5.41, 5.74) is 1.55. The number of hydrogen-bond acceptors (Lipinski definition) is 2. The molecule has 0 aliphatic heterocycles. The van der Waals surface area contributed by atoms with E-state index in [4.69, 9.17) is 10.2 Å². The van der Waals surface area contributed by atoms with Crippen LogP contribution in [0.3, 0.4) is 0 Å². The molecule has 2 heterocycles. The number of pyridine rings is 2. The van der Waals surface area contributed by atoms with Gasteiger partial charge in [0.05, 0.1) is 0 Å². The van der Waals surface area contributed by atoms with Crippen molar-refractivity contribution < 1.29 is 45.9 Å². The Morgan fingerprint density at radius 3 is 1.36 bits per heavy atom. The zero-order chi connectivity index (χ0) is 18.1. The molecule has 0 amide bonds. The summed E-state index contributed by atoms with van der Waals surface area (Å²) in [7, 11) is 8.67. The third-order valence-corrected chi connectivity index (χ3v) is 3.27. The number of aromatic nitrogens is 2. The van der Waals surface area contributed by atoms with E-state index in [0.717, 1.165) is 21.8 Å². The zero-order valence-electron chi connectivity index (χ0n) is 13.1. The van der Waals surface area contributed by atoms with E-state index in [0.29, 0.717) is 11.5 Å². The van der Waals surface area contributed by atoms with Crippen LogP contribution in [0, 0.1) is 18.6 Å². The Hall–Kier alpha value is -1.85. The molecule has 4 aromatic rings. The van der Waals surface area contributed by atoms with E-state index in [1.807, 2.05) is 48.5 Å². The van der Waals surface area contributed by atoms with Crippen molar-refractivity contribution in [2.24, 2.45) is 0 Å². The Morgan fingerprint density at radius 1 is 0.640 bits per heavy atom. The minimum atomic E-state index is -0.333. The van der Waals surface area contributed by atoms with Gasteiger partial charge in [0, 0.05) is 35.3 Å². The van der Waals surface area contributed by atoms with Crippen molar-refractivity contribution in [1.29, 1.82) is 0 Å². The Balaban J connectivity index is 0.000000156. The van der Waals surface area contributed by atoms with E-state index in [9.17, 15) is 0 Å². The van der Waals surface area contributed by atoms with Gasteiger partial charge in [-0.15, -0.1) is 0 Å². The second kappa shape index (κ2) is 10.2. The topological polar surface area (TPSA) is 71.6 Å². The van der Waals surface area contributed by atoms with E-state index in [-0.39, 0.29) is 17.0 Å². The third kappa shape index (κ3) is 5.58. The van der Waals surface area contributed by atoms with E-state index in [1.165, 1.54) is 0 Å². The molecule has 7 heteroatoms. The van der Waals surface area contributed by atoms with Crippen LogP contribution in [0.25, 0.3) is 21.8 Å². The van der Waals surface area contributed by atoms with Crippen LogP contribution in [-0.2, 0) is 17.0 Å². The maximum Gasteiger partial charge on any atom is 0.280 e. The van der Waals surface area contributed by atoms with Gasteiger partial charge in [0.25, 0.3) is 11.5 Å². The van der Waals surface area contributed by atoms with Crippen LogP contribution in [0.1, 0.15) is 0 Å². The van der Waals surface area contributed by atoms with Gasteiger partial charge in [0.1, 0.15) is 0 Å². The van der Waals surface area contributed by atoms with Crippen molar-refractivity contribution in [2.45, 2.75) is 0 Å². The first kappa shape index (κ1) is 19.5. The number of hydrogen-bond donors (Lipinski definition) is 0. The first-order chi connectivity index (χ1) is 12.2. The van der Waals surface area contributed by atoms with Crippen LogP contribution < -0.4 is 0 Å². The minimum absolute atomic E-state index is 0.333. The average Bonchev–Trinajstić information content (AvgIpc) is 2.64. The maximum absolute atomic E-state index is 7.50. The molecule has 0 atom stereocenters. The molecule has 0 bridgehead atoms. The Kier molecular flexibility index (Phi) is 7.96. The minimum Gasteiger partial charge on any atom is -0.592 e. The molecule has 0 aliphatic carbocycles. The van der Waals surface area contributed by atoms with E-state index in [2.05, 4.69) is 28.6 Å². The molecule has 2 aromatic carbocycles. The predicted octanol–water partition coefficient (Wildman–Crippen LogP) is 2.81. The van der Waals surface area contributed by atoms with Crippen LogP contribution in [-0.4, -0.2) is 20.2 Å². The SMILES string of the molecule is [ClH+][Ti][ClH+].[OH2+]c1cccc2cccnc12.[OH2+]c1cccc2cccnc12. The molecular formula is C18H18Cl2N2O2Ti+4. The van der Waals surface area contributed by atoms with E-state index in [1.54, 1.807) is 24.5 Å². The fraction of sp³-hybridized carbons (Fsp3) is 0. The smallest absolute Gasteiger partial charge is 0.280 e. The fourth-order valence-electron chi connectivity index (χ4n) is 2.21. The van der Waals surface area contributed by atoms with Gasteiger partial charge < -0.3 is 10.2 Å². The van der Waals surface area contributed by atoms with Crippen molar-refractivity contribution in [1.82, 2.24) is 9.97 Å². The summed E-state index contributed by atoms with van der Waals surface area (Å²) in [5.74, 6) is 0.978. The Bertz CT molecular complexity index is 866. The first-order valence-electron chi connectivity index (χ1n) is 7.27. The molecule has 0 saturated carbocycles. The Morgan fingerprint density at radius 2 is 1.00 bits per heavy atom. The third-order valence-electron chi connectivity index (χ3n) is 3.27. The van der Waals surface area contributed by atoms with Gasteiger partial charge >= 0.3 is 35.6 Å². The van der Waals surface area contributed by atoms with Gasteiger partial charge in [0.2, 0.25) is 0 Å². The molecule has 0 aliphatic rings. The van der Waals surface area contributed by atoms with Gasteiger partial charge in [-0.2, -0.15) is 0 Å². The van der Waals surface area contributed by atoms with Gasteiger partial charge in [-0.05, 0) is 12.1 Å². The number of para-hydroxylation sites is 2. The summed E-state index contributed by atoms with van der Waals surface area (Å²) in [6.07, 6.45) is 3.42. The van der Waals surface area contributed by atoms with Crippen LogP contribution >= 0.6 is 0 Å². The monoisotopic (exact) mass is 412 g/mol. The molecule has 0 spiro atoms. The quantitative estimate of drug-likeness (QED) is 0.329. The summed E-state index contributed by atoms with van der Waals surface area (Å²) in [5, 5.41) is 17.1. The van der Waals surface area contributed by atoms with Crippen molar-refractivity contribution in [3.63, 3.8) is 0 Å². The second-order valence-corrected chi connectivity index (χ2v) is 7.85. The fourth-order valence-corrected chi connectivity index (χ4v) is 2.21. The van der Waals surface area contributed by atoms with Crippen LogP contribution in [0.4, 0.5) is 0 Å². The Labute approximate surface area is 161 Å². The van der Waals surface area contributed by atoms with Crippen molar-refractivity contribution in [3.8, 4) is 11.5 Å². The van der Waals surface area contributed by atoms with Crippen LogP contribution in [0.5, 0.6) is 11.5 Å². The molecule has 4 N–H and O–H groups in total. The molecule has 0 unspecified atom stereocenters. The van der Waals surface area contributed by atoms with Crippen molar-refractivity contribution >= 4 is 21.8 Å². The van der Waals surface area contributed by atoms with Crippen molar-refractivity contribution in [2.75, 3.05) is 0 Å². The molecule has 0 fully saturated rings. The average molecular weight is 413 g/mol. The second-order valence-electron chi connectivity index (χ2n) is 4.84. The number of fused-ring (bicyclic) bond motifs is 2. The summed E-state index contributed by atoms with van der Waals surface area (Å²) in [6, 6.07) is 18.8. The molecular weight excluding hydrogens is 395 g/mol. The van der Waals surface area contributed by atoms with Gasteiger partial charge in [0.15, 0.2) is 11.0 Å². The first-order valence-corrected chi connectivity index (χ1v) is 11.9. The molecule has 25 heavy (non-hydrogen) atoms. The molecule has 4 nitrogen and oxygen atoms in total. The number of nitrogens with zero attached hydrogens (tertiary/aromatic N) is 2. The standard InChI is InChI=1S/2C9H7NO.2ClH.Ti/c2*11-8-5-1-3-7-4-2-6-10-9(7)8;;;/h2*1-6,11H;2*1H;/q;;;;+2/p+2. The summed E-state index contributed by atoms with van der Waals surface area (Å²) in [4.78, 5) is 8.19. The maximum atomic E-state index is 7.50. The van der Waals surface area contributed by atoms with Crippen LogP contribution in [0.2, 0.25) is 0 Å². The van der Waals surface area contributed by atoms with Crippen LogP contribution in [0.15, 0.2) is 73.1 Å². The van der Waals surface area contributed by atoms with Gasteiger partial charge in [-0.1, -0.05) is 36.4 Å². The summed E-state index contributed by atoms with van der Waals surface area (Å²) >= 11 is -0.333. The van der Waals surface area contributed by atoms with E-state index >= 15 is 0 Å². The molecule has 126 valence electrons. The molecule has 0 radical (unpaired) electrons. The van der Waals surface area contributed by atoms with Gasteiger partial charge in [-0.3, -0.25) is 0 Å². The zero-order valence-corrected chi connectivity index (χ0v) is 16.3. The summed E-state index contributed by atoms with van der Waals surface area (Å²) in [6.45, 7) is 0. The van der Waals surface area contributed by atoms with Gasteiger partial charge in [-0.25, -0.2) is 9.97 Å². The van der Waals surface area contributed by atoms with Crippen molar-refractivity contribution in [3.05, 3.63) is 73.1 Å². The number of benzene rings is 2. The summed E-state index contributed by atoms with van der Waals surface area (Å²) < 4.78 is 0. The molecule has 2 aromatic heterocycles. The number of halogens is 2. The van der Waals surface area contributed by atoms with E-state index < -0.39 is 0 Å². The molecule has 0 saturated heterocycles. The molecule has 4 rings (SSSR count). The largest absolute Gasteiger partial charge is 0.592 e. The normalized spacial score (nSPS) is 9.52. The predicted molar refractivity (Wildman–Crippen MR) is 92.4 cm³/mol.